The number of ether oxygens (including phenoxy) is 1. The fourth-order valence-corrected chi connectivity index (χ4v) is 1.81. The van der Waals surface area contributed by atoms with Crippen LogP contribution in [0.25, 0.3) is 0 Å². The molecule has 1 atom stereocenters. The number of rotatable bonds is 4. The molecule has 0 amide bonds. The monoisotopic (exact) mass is 253 g/mol. The molecule has 2 rings (SSSR count). The SMILES string of the molecule is C[C@H](O)c1ccccc1Oc1ccc(CC#N)cc1. The van der Waals surface area contributed by atoms with E-state index in [0.29, 0.717) is 17.9 Å². The number of benzene rings is 2. The van der Waals surface area contributed by atoms with Crippen LogP contribution in [0.1, 0.15) is 24.2 Å². The Labute approximate surface area is 112 Å². The molecule has 0 heterocycles. The molecular formula is C16H15NO2. The third kappa shape index (κ3) is 3.34. The number of nitrogens with zero attached hydrogens (tertiary/aromatic N) is 1. The van der Waals surface area contributed by atoms with Gasteiger partial charge in [-0.1, -0.05) is 30.3 Å². The van der Waals surface area contributed by atoms with Crippen LogP contribution in [0, 0.1) is 11.3 Å². The van der Waals surface area contributed by atoms with Crippen molar-refractivity contribution in [2.24, 2.45) is 0 Å². The molecule has 0 bridgehead atoms. The van der Waals surface area contributed by atoms with Crippen molar-refractivity contribution in [3.8, 4) is 17.6 Å². The summed E-state index contributed by atoms with van der Waals surface area (Å²) in [7, 11) is 0. The first-order valence-electron chi connectivity index (χ1n) is 6.11. The zero-order valence-corrected chi connectivity index (χ0v) is 10.7. The largest absolute Gasteiger partial charge is 0.457 e. The van der Waals surface area contributed by atoms with Gasteiger partial charge in [0, 0.05) is 5.56 Å². The standard InChI is InChI=1S/C16H15NO2/c1-12(18)15-4-2-3-5-16(15)19-14-8-6-13(7-9-14)10-11-17/h2-9,12,18H,10H2,1H3/t12-/m0/s1. The molecule has 0 fully saturated rings. The summed E-state index contributed by atoms with van der Waals surface area (Å²) in [5.74, 6) is 1.33. The van der Waals surface area contributed by atoms with Gasteiger partial charge in [0.05, 0.1) is 18.6 Å². The highest BCUT2D eigenvalue weighted by Gasteiger charge is 2.08. The maximum atomic E-state index is 9.68. The maximum absolute atomic E-state index is 9.68. The fourth-order valence-electron chi connectivity index (χ4n) is 1.81. The van der Waals surface area contributed by atoms with Gasteiger partial charge in [0.1, 0.15) is 11.5 Å². The van der Waals surface area contributed by atoms with Gasteiger partial charge in [-0.3, -0.25) is 0 Å². The molecule has 0 aliphatic heterocycles. The van der Waals surface area contributed by atoms with E-state index in [-0.39, 0.29) is 0 Å². The average Bonchev–Trinajstić information content (AvgIpc) is 2.42. The van der Waals surface area contributed by atoms with E-state index in [1.54, 1.807) is 6.92 Å². The lowest BCUT2D eigenvalue weighted by Crippen LogP contribution is -1.95. The molecule has 1 N–H and O–H groups in total. The van der Waals surface area contributed by atoms with E-state index >= 15 is 0 Å². The van der Waals surface area contributed by atoms with Crippen LogP contribution in [-0.4, -0.2) is 5.11 Å². The number of aliphatic hydroxyl groups is 1. The van der Waals surface area contributed by atoms with E-state index < -0.39 is 6.10 Å². The Morgan fingerprint density at radius 3 is 2.47 bits per heavy atom. The van der Waals surface area contributed by atoms with Gasteiger partial charge in [0.25, 0.3) is 0 Å². The van der Waals surface area contributed by atoms with Crippen molar-refractivity contribution in [2.45, 2.75) is 19.4 Å². The third-order valence-corrected chi connectivity index (χ3v) is 2.80. The summed E-state index contributed by atoms with van der Waals surface area (Å²) in [5.41, 5.74) is 1.71. The Kier molecular flexibility index (Phi) is 4.17. The topological polar surface area (TPSA) is 53.2 Å². The molecule has 19 heavy (non-hydrogen) atoms. The first kappa shape index (κ1) is 13.1. The Morgan fingerprint density at radius 2 is 1.84 bits per heavy atom. The Morgan fingerprint density at radius 1 is 1.16 bits per heavy atom. The highest BCUT2D eigenvalue weighted by atomic mass is 16.5. The van der Waals surface area contributed by atoms with Crippen LogP contribution < -0.4 is 4.74 Å². The molecule has 3 heteroatoms. The summed E-state index contributed by atoms with van der Waals surface area (Å²) >= 11 is 0. The van der Waals surface area contributed by atoms with Crippen LogP contribution in [0.5, 0.6) is 11.5 Å². The van der Waals surface area contributed by atoms with Gasteiger partial charge in [-0.25, -0.2) is 0 Å². The van der Waals surface area contributed by atoms with Crippen LogP contribution in [0.3, 0.4) is 0 Å². The van der Waals surface area contributed by atoms with Gasteiger partial charge in [-0.2, -0.15) is 5.26 Å². The van der Waals surface area contributed by atoms with E-state index in [4.69, 9.17) is 10.00 Å². The predicted octanol–water partition coefficient (Wildman–Crippen LogP) is 3.60. The summed E-state index contributed by atoms with van der Waals surface area (Å²) < 4.78 is 5.76. The van der Waals surface area contributed by atoms with Crippen molar-refractivity contribution in [2.75, 3.05) is 0 Å². The second-order valence-corrected chi connectivity index (χ2v) is 4.29. The zero-order chi connectivity index (χ0) is 13.7. The molecule has 0 aliphatic rings. The van der Waals surface area contributed by atoms with Crippen molar-refractivity contribution in [1.82, 2.24) is 0 Å². The molecule has 0 saturated carbocycles. The van der Waals surface area contributed by atoms with Crippen molar-refractivity contribution < 1.29 is 9.84 Å². The Balaban J connectivity index is 2.19. The van der Waals surface area contributed by atoms with Gasteiger partial charge in [0.2, 0.25) is 0 Å². The molecule has 0 spiro atoms. The first-order chi connectivity index (χ1) is 9.20. The second kappa shape index (κ2) is 6.03. The highest BCUT2D eigenvalue weighted by Crippen LogP contribution is 2.29. The molecule has 2 aromatic rings. The van der Waals surface area contributed by atoms with Gasteiger partial charge in [-0.15, -0.1) is 0 Å². The van der Waals surface area contributed by atoms with Crippen LogP contribution in [0.4, 0.5) is 0 Å². The molecule has 0 saturated heterocycles. The van der Waals surface area contributed by atoms with Gasteiger partial charge < -0.3 is 9.84 Å². The van der Waals surface area contributed by atoms with Gasteiger partial charge >= 0.3 is 0 Å². The lowest BCUT2D eigenvalue weighted by molar-refractivity contribution is 0.195. The van der Waals surface area contributed by atoms with Crippen molar-refractivity contribution >= 4 is 0 Å². The first-order valence-corrected chi connectivity index (χ1v) is 6.11. The van der Waals surface area contributed by atoms with Crippen LogP contribution in [-0.2, 0) is 6.42 Å². The van der Waals surface area contributed by atoms with Crippen LogP contribution >= 0.6 is 0 Å². The van der Waals surface area contributed by atoms with Crippen LogP contribution in [0.15, 0.2) is 48.5 Å². The minimum atomic E-state index is -0.575. The maximum Gasteiger partial charge on any atom is 0.133 e. The van der Waals surface area contributed by atoms with Crippen molar-refractivity contribution in [3.05, 3.63) is 59.7 Å². The number of hydrogen-bond acceptors (Lipinski definition) is 3. The molecule has 96 valence electrons. The predicted molar refractivity (Wildman–Crippen MR) is 72.9 cm³/mol. The molecule has 3 nitrogen and oxygen atoms in total. The number of hydrogen-bond donors (Lipinski definition) is 1. The molecular weight excluding hydrogens is 238 g/mol. The van der Waals surface area contributed by atoms with Gasteiger partial charge in [0.15, 0.2) is 0 Å². The van der Waals surface area contributed by atoms with Crippen LogP contribution in [0.2, 0.25) is 0 Å². The van der Waals surface area contributed by atoms with E-state index in [9.17, 15) is 5.11 Å². The van der Waals surface area contributed by atoms with Gasteiger partial charge in [-0.05, 0) is 30.7 Å². The number of aliphatic hydroxyl groups excluding tert-OH is 1. The number of para-hydroxylation sites is 1. The molecule has 0 aliphatic carbocycles. The van der Waals surface area contributed by atoms with Crippen molar-refractivity contribution in [3.63, 3.8) is 0 Å². The van der Waals surface area contributed by atoms with E-state index in [1.165, 1.54) is 0 Å². The molecule has 0 unspecified atom stereocenters. The summed E-state index contributed by atoms with van der Waals surface area (Å²) in [4.78, 5) is 0. The summed E-state index contributed by atoms with van der Waals surface area (Å²) in [6.07, 6.45) is -0.182. The minimum absolute atomic E-state index is 0.393. The van der Waals surface area contributed by atoms with E-state index in [2.05, 4.69) is 6.07 Å². The highest BCUT2D eigenvalue weighted by molar-refractivity contribution is 5.39. The fraction of sp³-hybridized carbons (Fsp3) is 0.188. The lowest BCUT2D eigenvalue weighted by Gasteiger charge is -2.13. The molecule has 0 radical (unpaired) electrons. The zero-order valence-electron chi connectivity index (χ0n) is 10.7. The Hall–Kier alpha value is -2.31. The molecule has 2 aromatic carbocycles. The average molecular weight is 253 g/mol. The normalized spacial score (nSPS) is 11.6. The number of nitriles is 1. The quantitative estimate of drug-likeness (QED) is 0.905. The summed E-state index contributed by atoms with van der Waals surface area (Å²) in [5, 5.41) is 18.3. The van der Waals surface area contributed by atoms with E-state index in [1.807, 2.05) is 48.5 Å². The smallest absolute Gasteiger partial charge is 0.133 e. The summed E-state index contributed by atoms with van der Waals surface area (Å²) in [6, 6.07) is 16.9. The van der Waals surface area contributed by atoms with Crippen molar-refractivity contribution in [1.29, 1.82) is 5.26 Å². The summed E-state index contributed by atoms with van der Waals surface area (Å²) in [6.45, 7) is 1.71. The lowest BCUT2D eigenvalue weighted by atomic mass is 10.1. The Bertz CT molecular complexity index is 582. The minimum Gasteiger partial charge on any atom is -0.457 e. The third-order valence-electron chi connectivity index (χ3n) is 2.80. The molecule has 0 aromatic heterocycles. The second-order valence-electron chi connectivity index (χ2n) is 4.29. The van der Waals surface area contributed by atoms with E-state index in [0.717, 1.165) is 11.1 Å².